The minimum atomic E-state index is 0.498. The van der Waals surface area contributed by atoms with E-state index in [1.54, 1.807) is 6.20 Å². The molecule has 4 nitrogen and oxygen atoms in total. The number of hydrogen-bond acceptors (Lipinski definition) is 4. The number of hydrogen-bond donors (Lipinski definition) is 0. The van der Waals surface area contributed by atoms with Crippen LogP contribution in [-0.4, -0.2) is 15.1 Å². The van der Waals surface area contributed by atoms with Crippen molar-refractivity contribution in [1.82, 2.24) is 15.1 Å². The summed E-state index contributed by atoms with van der Waals surface area (Å²) in [5, 5.41) is 3.94. The van der Waals surface area contributed by atoms with E-state index in [2.05, 4.69) is 31.1 Å². The van der Waals surface area contributed by atoms with Crippen LogP contribution in [0.5, 0.6) is 0 Å². The third kappa shape index (κ3) is 1.79. The van der Waals surface area contributed by atoms with Gasteiger partial charge < -0.3 is 4.52 Å². The molecule has 0 unspecified atom stereocenters. The van der Waals surface area contributed by atoms with Crippen molar-refractivity contribution < 1.29 is 4.52 Å². The molecule has 1 aliphatic carbocycles. The number of rotatable bonds is 2. The van der Waals surface area contributed by atoms with E-state index < -0.39 is 0 Å². The fourth-order valence-electron chi connectivity index (χ4n) is 1.37. The van der Waals surface area contributed by atoms with Crippen LogP contribution in [0.2, 0.25) is 0 Å². The van der Waals surface area contributed by atoms with Crippen LogP contribution in [0.1, 0.15) is 24.6 Å². The van der Waals surface area contributed by atoms with E-state index in [0.29, 0.717) is 17.5 Å². The molecule has 2 aromatic rings. The van der Waals surface area contributed by atoms with Crippen LogP contribution < -0.4 is 0 Å². The molecule has 0 aliphatic heterocycles. The minimum Gasteiger partial charge on any atom is -0.332 e. The van der Waals surface area contributed by atoms with E-state index >= 15 is 0 Å². The van der Waals surface area contributed by atoms with E-state index in [1.165, 1.54) is 12.8 Å². The summed E-state index contributed by atoms with van der Waals surface area (Å²) in [5.74, 6) is 1.82. The molecule has 15 heavy (non-hydrogen) atoms. The standard InChI is InChI=1S/C10H8BrN3O/c11-7-3-4-12-8(5-7)10-13-9(14-15-10)6-1-2-6/h3-6H,1-2H2. The minimum absolute atomic E-state index is 0.498. The van der Waals surface area contributed by atoms with Gasteiger partial charge in [-0.1, -0.05) is 21.1 Å². The predicted molar refractivity (Wildman–Crippen MR) is 57.2 cm³/mol. The molecule has 0 N–H and O–H groups in total. The highest BCUT2D eigenvalue weighted by Crippen LogP contribution is 2.38. The van der Waals surface area contributed by atoms with E-state index in [-0.39, 0.29) is 0 Å². The largest absolute Gasteiger partial charge is 0.332 e. The van der Waals surface area contributed by atoms with Crippen molar-refractivity contribution >= 4 is 15.9 Å². The predicted octanol–water partition coefficient (Wildman–Crippen LogP) is 2.77. The summed E-state index contributed by atoms with van der Waals surface area (Å²) in [5.41, 5.74) is 0.712. The molecule has 2 heterocycles. The fraction of sp³-hybridized carbons (Fsp3) is 0.300. The summed E-state index contributed by atoms with van der Waals surface area (Å²) >= 11 is 3.38. The summed E-state index contributed by atoms with van der Waals surface area (Å²) in [6.45, 7) is 0. The second-order valence-corrected chi connectivity index (χ2v) is 4.51. The first-order chi connectivity index (χ1) is 7.33. The quantitative estimate of drug-likeness (QED) is 0.838. The molecule has 0 spiro atoms. The van der Waals surface area contributed by atoms with Crippen molar-refractivity contribution in [3.8, 4) is 11.6 Å². The highest BCUT2D eigenvalue weighted by molar-refractivity contribution is 9.10. The topological polar surface area (TPSA) is 51.8 Å². The number of aromatic nitrogens is 3. The highest BCUT2D eigenvalue weighted by Gasteiger charge is 2.29. The van der Waals surface area contributed by atoms with Crippen molar-refractivity contribution in [3.63, 3.8) is 0 Å². The molecule has 1 saturated carbocycles. The molecular weight excluding hydrogens is 258 g/mol. The lowest BCUT2D eigenvalue weighted by atomic mass is 10.3. The van der Waals surface area contributed by atoms with Crippen LogP contribution in [0, 0.1) is 0 Å². The maximum Gasteiger partial charge on any atom is 0.276 e. The summed E-state index contributed by atoms with van der Waals surface area (Å²) < 4.78 is 6.12. The van der Waals surface area contributed by atoms with Gasteiger partial charge >= 0.3 is 0 Å². The molecule has 1 aliphatic rings. The second kappa shape index (κ2) is 3.41. The summed E-state index contributed by atoms with van der Waals surface area (Å²) in [4.78, 5) is 8.50. The van der Waals surface area contributed by atoms with Crippen LogP contribution in [0.4, 0.5) is 0 Å². The van der Waals surface area contributed by atoms with Crippen LogP contribution in [0.25, 0.3) is 11.6 Å². The lowest BCUT2D eigenvalue weighted by Crippen LogP contribution is -1.84. The summed E-state index contributed by atoms with van der Waals surface area (Å²) in [6.07, 6.45) is 4.05. The molecule has 1 fully saturated rings. The van der Waals surface area contributed by atoms with Gasteiger partial charge in [-0.3, -0.25) is 4.98 Å². The van der Waals surface area contributed by atoms with E-state index in [9.17, 15) is 0 Å². The average Bonchev–Trinajstić information content (AvgIpc) is 2.97. The average molecular weight is 266 g/mol. The SMILES string of the molecule is Brc1ccnc(-c2nc(C3CC3)no2)c1. The van der Waals surface area contributed by atoms with Gasteiger partial charge in [-0.15, -0.1) is 0 Å². The van der Waals surface area contributed by atoms with Gasteiger partial charge in [0.2, 0.25) is 0 Å². The van der Waals surface area contributed by atoms with Gasteiger partial charge in [-0.2, -0.15) is 4.98 Å². The molecule has 76 valence electrons. The monoisotopic (exact) mass is 265 g/mol. The normalized spacial score (nSPS) is 15.5. The molecule has 0 saturated heterocycles. The molecule has 0 bridgehead atoms. The molecular formula is C10H8BrN3O. The third-order valence-corrected chi connectivity index (χ3v) is 2.82. The van der Waals surface area contributed by atoms with Crippen molar-refractivity contribution in [3.05, 3.63) is 28.6 Å². The second-order valence-electron chi connectivity index (χ2n) is 3.59. The smallest absolute Gasteiger partial charge is 0.276 e. The highest BCUT2D eigenvalue weighted by atomic mass is 79.9. The molecule has 0 radical (unpaired) electrons. The Balaban J connectivity index is 1.97. The molecule has 0 amide bonds. The Morgan fingerprint density at radius 1 is 1.40 bits per heavy atom. The van der Waals surface area contributed by atoms with Crippen LogP contribution in [0.3, 0.4) is 0 Å². The Kier molecular flexibility index (Phi) is 2.05. The van der Waals surface area contributed by atoms with Crippen LogP contribution >= 0.6 is 15.9 Å². The number of nitrogens with zero attached hydrogens (tertiary/aromatic N) is 3. The van der Waals surface area contributed by atoms with E-state index in [1.807, 2.05) is 12.1 Å². The molecule has 2 aromatic heterocycles. The van der Waals surface area contributed by atoms with Crippen molar-refractivity contribution in [1.29, 1.82) is 0 Å². The van der Waals surface area contributed by atoms with Gasteiger partial charge in [0.1, 0.15) is 5.69 Å². The molecule has 0 aromatic carbocycles. The van der Waals surface area contributed by atoms with Crippen molar-refractivity contribution in [2.45, 2.75) is 18.8 Å². The Hall–Kier alpha value is -1.23. The number of pyridine rings is 1. The maximum atomic E-state index is 5.16. The van der Waals surface area contributed by atoms with Crippen molar-refractivity contribution in [2.24, 2.45) is 0 Å². The van der Waals surface area contributed by atoms with Gasteiger partial charge in [0.15, 0.2) is 5.82 Å². The van der Waals surface area contributed by atoms with Crippen LogP contribution in [0.15, 0.2) is 27.3 Å². The first kappa shape index (κ1) is 9.03. The molecule has 0 atom stereocenters. The van der Waals surface area contributed by atoms with Crippen LogP contribution in [-0.2, 0) is 0 Å². The molecule has 5 heteroatoms. The van der Waals surface area contributed by atoms with Gasteiger partial charge in [0, 0.05) is 16.6 Å². The Morgan fingerprint density at radius 2 is 2.27 bits per heavy atom. The Morgan fingerprint density at radius 3 is 3.00 bits per heavy atom. The fourth-order valence-corrected chi connectivity index (χ4v) is 1.70. The zero-order valence-electron chi connectivity index (χ0n) is 7.85. The lowest BCUT2D eigenvalue weighted by molar-refractivity contribution is 0.421. The van der Waals surface area contributed by atoms with Gasteiger partial charge in [-0.05, 0) is 25.0 Å². The third-order valence-electron chi connectivity index (χ3n) is 2.33. The first-order valence-electron chi connectivity index (χ1n) is 4.78. The lowest BCUT2D eigenvalue weighted by Gasteiger charge is -1.92. The maximum absolute atomic E-state index is 5.16. The first-order valence-corrected chi connectivity index (χ1v) is 5.58. The summed E-state index contributed by atoms with van der Waals surface area (Å²) in [6, 6.07) is 3.73. The number of halogens is 1. The van der Waals surface area contributed by atoms with Crippen molar-refractivity contribution in [2.75, 3.05) is 0 Å². The Bertz CT molecular complexity index is 493. The Labute approximate surface area is 94.8 Å². The summed E-state index contributed by atoms with van der Waals surface area (Å²) in [7, 11) is 0. The van der Waals surface area contributed by atoms with E-state index in [4.69, 9.17) is 4.52 Å². The van der Waals surface area contributed by atoms with E-state index in [0.717, 1.165) is 10.3 Å². The molecule has 3 rings (SSSR count). The van der Waals surface area contributed by atoms with Gasteiger partial charge in [0.25, 0.3) is 5.89 Å². The zero-order valence-corrected chi connectivity index (χ0v) is 9.44. The van der Waals surface area contributed by atoms with Gasteiger partial charge in [-0.25, -0.2) is 0 Å². The zero-order chi connectivity index (χ0) is 10.3. The van der Waals surface area contributed by atoms with Gasteiger partial charge in [0.05, 0.1) is 0 Å².